The number of pyridine rings is 1. The summed E-state index contributed by atoms with van der Waals surface area (Å²) in [6.07, 6.45) is 8.92. The molecule has 5 aromatic rings. The number of benzene rings is 3. The fraction of sp³-hybridized carbons (Fsp3) is 0.281. The monoisotopic (exact) mass is 446 g/mol. The van der Waals surface area contributed by atoms with Gasteiger partial charge in [-0.15, -0.1) is 0 Å². The van der Waals surface area contributed by atoms with Crippen molar-refractivity contribution in [1.29, 1.82) is 0 Å². The van der Waals surface area contributed by atoms with Crippen molar-refractivity contribution in [1.82, 2.24) is 0 Å². The zero-order valence-corrected chi connectivity index (χ0v) is 20.4. The van der Waals surface area contributed by atoms with Crippen molar-refractivity contribution >= 4 is 21.9 Å². The normalized spacial score (nSPS) is 14.8. The highest BCUT2D eigenvalue weighted by molar-refractivity contribution is 6.10. The highest BCUT2D eigenvalue weighted by Gasteiger charge is 2.21. The minimum Gasteiger partial charge on any atom is -0.455 e. The minimum atomic E-state index is 0.680. The van der Waals surface area contributed by atoms with Gasteiger partial charge in [0.2, 0.25) is 5.69 Å². The first-order valence-corrected chi connectivity index (χ1v) is 12.6. The first-order valence-electron chi connectivity index (χ1n) is 12.6. The molecule has 34 heavy (non-hydrogen) atoms. The van der Waals surface area contributed by atoms with Gasteiger partial charge in [0, 0.05) is 39.1 Å². The van der Waals surface area contributed by atoms with Crippen molar-refractivity contribution in [3.8, 4) is 22.4 Å². The van der Waals surface area contributed by atoms with Crippen LogP contribution < -0.4 is 4.57 Å². The van der Waals surface area contributed by atoms with E-state index in [0.29, 0.717) is 5.92 Å². The molecule has 0 amide bonds. The smallest absolute Gasteiger partial charge is 0.213 e. The van der Waals surface area contributed by atoms with Crippen LogP contribution in [0.3, 0.4) is 0 Å². The summed E-state index contributed by atoms with van der Waals surface area (Å²) in [5.41, 5.74) is 10.9. The van der Waals surface area contributed by atoms with Crippen LogP contribution in [0, 0.1) is 13.8 Å². The van der Waals surface area contributed by atoms with Gasteiger partial charge in [-0.25, -0.2) is 4.57 Å². The number of para-hydroxylation sites is 1. The summed E-state index contributed by atoms with van der Waals surface area (Å²) in [6.45, 7) is 4.37. The largest absolute Gasteiger partial charge is 0.455 e. The molecule has 3 aromatic carbocycles. The van der Waals surface area contributed by atoms with E-state index in [-0.39, 0.29) is 0 Å². The molecule has 0 radical (unpaired) electrons. The fourth-order valence-corrected chi connectivity index (χ4v) is 5.92. The van der Waals surface area contributed by atoms with E-state index in [1.807, 2.05) is 0 Å². The van der Waals surface area contributed by atoms with Crippen LogP contribution in [0.5, 0.6) is 0 Å². The Morgan fingerprint density at radius 1 is 0.735 bits per heavy atom. The van der Waals surface area contributed by atoms with Crippen molar-refractivity contribution in [2.75, 3.05) is 0 Å². The van der Waals surface area contributed by atoms with E-state index in [9.17, 15) is 0 Å². The number of fused-ring (bicyclic) bond motifs is 3. The molecule has 2 nitrogen and oxygen atoms in total. The van der Waals surface area contributed by atoms with E-state index in [2.05, 4.69) is 98.4 Å². The number of hydrogen-bond acceptors (Lipinski definition) is 1. The molecule has 2 heteroatoms. The second-order valence-corrected chi connectivity index (χ2v) is 10.1. The number of hydrogen-bond donors (Lipinski definition) is 0. The molecular weight excluding hydrogens is 414 g/mol. The third-order valence-corrected chi connectivity index (χ3v) is 7.78. The Morgan fingerprint density at radius 3 is 2.35 bits per heavy atom. The zero-order chi connectivity index (χ0) is 23.2. The fourth-order valence-electron chi connectivity index (χ4n) is 5.92. The predicted molar refractivity (Wildman–Crippen MR) is 141 cm³/mol. The van der Waals surface area contributed by atoms with Gasteiger partial charge in [0.15, 0.2) is 6.20 Å². The average Bonchev–Trinajstić information content (AvgIpc) is 3.24. The molecular formula is C32H32NO+. The Labute approximate surface area is 201 Å². The summed E-state index contributed by atoms with van der Waals surface area (Å²) < 4.78 is 8.85. The first-order chi connectivity index (χ1) is 16.6. The Morgan fingerprint density at radius 2 is 1.53 bits per heavy atom. The highest BCUT2D eigenvalue weighted by atomic mass is 16.3. The van der Waals surface area contributed by atoms with Crippen molar-refractivity contribution < 1.29 is 8.98 Å². The van der Waals surface area contributed by atoms with Crippen molar-refractivity contribution in [3.63, 3.8) is 0 Å². The Bertz CT molecular complexity index is 1520. The summed E-state index contributed by atoms with van der Waals surface area (Å²) in [5.74, 6) is 0.680. The molecule has 1 saturated carbocycles. The molecule has 0 unspecified atom stereocenters. The lowest BCUT2D eigenvalue weighted by atomic mass is 9.84. The van der Waals surface area contributed by atoms with Gasteiger partial charge in [0.05, 0.1) is 0 Å². The standard InChI is InChI=1S/C32H32NO/c1-21-10-7-8-13-25(21)30-19-29(22(2)20-33(30)3)28-15-9-14-27-26-17-16-24(18-31(26)34-32(27)28)23-11-5-4-6-12-23/h7-10,13-20,23H,4-6,11-12H2,1-3H3/q+1. The zero-order valence-electron chi connectivity index (χ0n) is 20.4. The summed E-state index contributed by atoms with van der Waals surface area (Å²) in [6, 6.07) is 24.4. The van der Waals surface area contributed by atoms with Gasteiger partial charge in [-0.3, -0.25) is 0 Å². The maximum absolute atomic E-state index is 6.62. The number of aromatic nitrogens is 1. The number of aryl methyl sites for hydroxylation is 3. The van der Waals surface area contributed by atoms with E-state index in [1.54, 1.807) is 0 Å². The van der Waals surface area contributed by atoms with Crippen LogP contribution in [0.15, 0.2) is 77.3 Å². The van der Waals surface area contributed by atoms with Crippen molar-refractivity contribution in [3.05, 3.63) is 89.6 Å². The summed E-state index contributed by atoms with van der Waals surface area (Å²) in [5, 5.41) is 2.42. The lowest BCUT2D eigenvalue weighted by molar-refractivity contribution is -0.660. The van der Waals surface area contributed by atoms with Crippen LogP contribution in [0.2, 0.25) is 0 Å². The van der Waals surface area contributed by atoms with Crippen LogP contribution >= 0.6 is 0 Å². The Balaban J connectivity index is 1.52. The summed E-state index contributed by atoms with van der Waals surface area (Å²) in [4.78, 5) is 0. The molecule has 0 aliphatic heterocycles. The van der Waals surface area contributed by atoms with Gasteiger partial charge in [0.25, 0.3) is 0 Å². The van der Waals surface area contributed by atoms with Crippen LogP contribution in [-0.4, -0.2) is 0 Å². The lowest BCUT2D eigenvalue weighted by Crippen LogP contribution is -2.31. The molecule has 0 atom stereocenters. The molecule has 1 aliphatic rings. The third-order valence-electron chi connectivity index (χ3n) is 7.78. The van der Waals surface area contributed by atoms with Crippen molar-refractivity contribution in [2.24, 2.45) is 7.05 Å². The van der Waals surface area contributed by atoms with Crippen molar-refractivity contribution in [2.45, 2.75) is 51.9 Å². The van der Waals surface area contributed by atoms with Crippen LogP contribution in [0.25, 0.3) is 44.3 Å². The van der Waals surface area contributed by atoms with Crippen LogP contribution in [-0.2, 0) is 7.05 Å². The van der Waals surface area contributed by atoms with E-state index in [0.717, 1.165) is 11.2 Å². The molecule has 2 aromatic heterocycles. The number of nitrogens with zero attached hydrogens (tertiary/aromatic N) is 1. The summed E-state index contributed by atoms with van der Waals surface area (Å²) >= 11 is 0. The molecule has 170 valence electrons. The summed E-state index contributed by atoms with van der Waals surface area (Å²) in [7, 11) is 2.13. The topological polar surface area (TPSA) is 17.0 Å². The quantitative estimate of drug-likeness (QED) is 0.254. The second-order valence-electron chi connectivity index (χ2n) is 10.1. The Hall–Kier alpha value is -3.39. The van der Waals surface area contributed by atoms with Gasteiger partial charge in [-0.1, -0.05) is 67.8 Å². The lowest BCUT2D eigenvalue weighted by Gasteiger charge is -2.21. The van der Waals surface area contributed by atoms with Crippen LogP contribution in [0.1, 0.15) is 54.7 Å². The molecule has 1 aliphatic carbocycles. The number of rotatable bonds is 3. The van der Waals surface area contributed by atoms with Crippen LogP contribution in [0.4, 0.5) is 0 Å². The number of furan rings is 1. The predicted octanol–water partition coefficient (Wildman–Crippen LogP) is 8.41. The average molecular weight is 447 g/mol. The SMILES string of the molecule is Cc1c[n+](C)c(-c2ccccc2C)cc1-c1cccc2c1oc1cc(C3CCCCC3)ccc12. The van der Waals surface area contributed by atoms with Gasteiger partial charge in [0.1, 0.15) is 18.2 Å². The van der Waals surface area contributed by atoms with E-state index >= 15 is 0 Å². The minimum absolute atomic E-state index is 0.680. The second kappa shape index (κ2) is 8.43. The van der Waals surface area contributed by atoms with Gasteiger partial charge in [-0.05, 0) is 55.9 Å². The molecule has 6 rings (SSSR count). The highest BCUT2D eigenvalue weighted by Crippen LogP contribution is 2.40. The molecule has 0 bridgehead atoms. The molecule has 1 fully saturated rings. The van der Waals surface area contributed by atoms with Gasteiger partial charge in [-0.2, -0.15) is 0 Å². The molecule has 0 N–H and O–H groups in total. The van der Waals surface area contributed by atoms with Gasteiger partial charge < -0.3 is 4.42 Å². The van der Waals surface area contributed by atoms with E-state index in [4.69, 9.17) is 4.42 Å². The molecule has 0 saturated heterocycles. The van der Waals surface area contributed by atoms with E-state index in [1.165, 1.54) is 82.0 Å². The third kappa shape index (κ3) is 3.53. The molecule has 2 heterocycles. The maximum Gasteiger partial charge on any atom is 0.213 e. The van der Waals surface area contributed by atoms with E-state index < -0.39 is 0 Å². The Kier molecular flexibility index (Phi) is 5.25. The van der Waals surface area contributed by atoms with Gasteiger partial charge >= 0.3 is 0 Å². The maximum atomic E-state index is 6.62. The first kappa shape index (κ1) is 21.2. The molecule has 0 spiro atoms.